The molecule has 1 saturated carbocycles. The van der Waals surface area contributed by atoms with Crippen LogP contribution in [-0.2, 0) is 4.79 Å². The molecule has 114 valence electrons. The fraction of sp³-hybridized carbons (Fsp3) is 0.500. The molecule has 1 atom stereocenters. The number of hydrogen-bond acceptors (Lipinski definition) is 2. The van der Waals surface area contributed by atoms with Crippen LogP contribution in [0.25, 0.3) is 0 Å². The standard InChI is InChI=1S/C16H22N2O3/c1-12(11-13-7-8-13)17-16(21)18(10-9-15(19)20)14-5-3-2-4-6-14/h2-6,12-13H,7-11H2,1H3,(H,17,21)(H,19,20). The van der Waals surface area contributed by atoms with Gasteiger partial charge < -0.3 is 10.4 Å². The third kappa shape index (κ3) is 5.10. The number of anilines is 1. The molecule has 0 aromatic heterocycles. The first-order valence-corrected chi connectivity index (χ1v) is 7.41. The van der Waals surface area contributed by atoms with Crippen LogP contribution in [0.1, 0.15) is 32.6 Å². The zero-order valence-electron chi connectivity index (χ0n) is 12.3. The first kappa shape index (κ1) is 15.4. The lowest BCUT2D eigenvalue weighted by Crippen LogP contribution is -2.45. The Kier molecular flexibility index (Phi) is 5.20. The Morgan fingerprint density at radius 1 is 1.33 bits per heavy atom. The highest BCUT2D eigenvalue weighted by molar-refractivity contribution is 5.92. The second kappa shape index (κ2) is 7.11. The maximum absolute atomic E-state index is 12.4. The van der Waals surface area contributed by atoms with E-state index < -0.39 is 5.97 Å². The Labute approximate surface area is 125 Å². The second-order valence-corrected chi connectivity index (χ2v) is 5.66. The lowest BCUT2D eigenvalue weighted by atomic mass is 10.1. The minimum Gasteiger partial charge on any atom is -0.481 e. The van der Waals surface area contributed by atoms with Gasteiger partial charge in [-0.1, -0.05) is 31.0 Å². The van der Waals surface area contributed by atoms with Gasteiger partial charge >= 0.3 is 12.0 Å². The Hall–Kier alpha value is -2.04. The largest absolute Gasteiger partial charge is 0.481 e. The van der Waals surface area contributed by atoms with Gasteiger partial charge in [-0.3, -0.25) is 9.69 Å². The van der Waals surface area contributed by atoms with E-state index in [4.69, 9.17) is 5.11 Å². The summed E-state index contributed by atoms with van der Waals surface area (Å²) in [5, 5.41) is 11.8. The Balaban J connectivity index is 1.99. The van der Waals surface area contributed by atoms with E-state index in [-0.39, 0.29) is 25.0 Å². The quantitative estimate of drug-likeness (QED) is 0.811. The van der Waals surface area contributed by atoms with Crippen LogP contribution < -0.4 is 10.2 Å². The number of carbonyl (C=O) groups is 2. The zero-order chi connectivity index (χ0) is 15.2. The van der Waals surface area contributed by atoms with Crippen molar-refractivity contribution in [2.45, 2.75) is 38.6 Å². The third-order valence-electron chi connectivity index (χ3n) is 3.62. The van der Waals surface area contributed by atoms with Gasteiger partial charge in [0.2, 0.25) is 0 Å². The molecule has 2 rings (SSSR count). The summed E-state index contributed by atoms with van der Waals surface area (Å²) in [6, 6.07) is 9.05. The highest BCUT2D eigenvalue weighted by atomic mass is 16.4. The molecular weight excluding hydrogens is 268 g/mol. The molecule has 1 unspecified atom stereocenters. The van der Waals surface area contributed by atoms with E-state index in [9.17, 15) is 9.59 Å². The van der Waals surface area contributed by atoms with Gasteiger partial charge in [-0.05, 0) is 31.4 Å². The van der Waals surface area contributed by atoms with E-state index in [0.717, 1.165) is 18.0 Å². The van der Waals surface area contributed by atoms with E-state index in [1.165, 1.54) is 17.7 Å². The van der Waals surface area contributed by atoms with E-state index in [1.807, 2.05) is 37.3 Å². The number of nitrogens with zero attached hydrogens (tertiary/aromatic N) is 1. The molecule has 0 spiro atoms. The van der Waals surface area contributed by atoms with Crippen molar-refractivity contribution in [3.8, 4) is 0 Å². The molecule has 5 nitrogen and oxygen atoms in total. The van der Waals surface area contributed by atoms with E-state index in [0.29, 0.717) is 0 Å². The van der Waals surface area contributed by atoms with Crippen molar-refractivity contribution in [1.29, 1.82) is 0 Å². The number of rotatable bonds is 7. The normalized spacial score (nSPS) is 15.3. The molecule has 1 aromatic carbocycles. The average molecular weight is 290 g/mol. The Bertz CT molecular complexity index is 486. The summed E-state index contributed by atoms with van der Waals surface area (Å²) < 4.78 is 0. The Morgan fingerprint density at radius 3 is 2.57 bits per heavy atom. The van der Waals surface area contributed by atoms with Crippen molar-refractivity contribution in [2.75, 3.05) is 11.4 Å². The molecule has 0 heterocycles. The molecule has 1 aliphatic rings. The number of carboxylic acids is 1. The molecule has 1 aromatic rings. The SMILES string of the molecule is CC(CC1CC1)NC(=O)N(CCC(=O)O)c1ccccc1. The summed E-state index contributed by atoms with van der Waals surface area (Å²) in [4.78, 5) is 24.7. The number of carboxylic acid groups (broad SMARTS) is 1. The molecule has 1 aliphatic carbocycles. The fourth-order valence-electron chi connectivity index (χ4n) is 2.36. The first-order chi connectivity index (χ1) is 10.1. The molecule has 0 saturated heterocycles. The van der Waals surface area contributed by atoms with Crippen LogP contribution in [0, 0.1) is 5.92 Å². The molecule has 0 radical (unpaired) electrons. The average Bonchev–Trinajstić information content (AvgIpc) is 3.23. The topological polar surface area (TPSA) is 69.6 Å². The summed E-state index contributed by atoms with van der Waals surface area (Å²) in [6.45, 7) is 2.16. The molecule has 2 amide bonds. The summed E-state index contributed by atoms with van der Waals surface area (Å²) in [7, 11) is 0. The van der Waals surface area contributed by atoms with Crippen LogP contribution in [0.2, 0.25) is 0 Å². The minimum absolute atomic E-state index is 0.0701. The summed E-state index contributed by atoms with van der Waals surface area (Å²) in [5.41, 5.74) is 0.717. The van der Waals surface area contributed by atoms with Crippen molar-refractivity contribution in [3.05, 3.63) is 30.3 Å². The smallest absolute Gasteiger partial charge is 0.322 e. The van der Waals surface area contributed by atoms with Gasteiger partial charge in [0.1, 0.15) is 0 Å². The van der Waals surface area contributed by atoms with Crippen molar-refractivity contribution in [3.63, 3.8) is 0 Å². The van der Waals surface area contributed by atoms with Crippen LogP contribution in [0.3, 0.4) is 0 Å². The van der Waals surface area contributed by atoms with Crippen LogP contribution in [0.15, 0.2) is 30.3 Å². The van der Waals surface area contributed by atoms with E-state index in [1.54, 1.807) is 0 Å². The number of aliphatic carboxylic acids is 1. The maximum atomic E-state index is 12.4. The number of amides is 2. The summed E-state index contributed by atoms with van der Waals surface area (Å²) >= 11 is 0. The number of carbonyl (C=O) groups excluding carboxylic acids is 1. The molecule has 21 heavy (non-hydrogen) atoms. The van der Waals surface area contributed by atoms with Crippen LogP contribution in [-0.4, -0.2) is 29.7 Å². The van der Waals surface area contributed by atoms with E-state index in [2.05, 4.69) is 5.32 Å². The zero-order valence-corrected chi connectivity index (χ0v) is 12.3. The van der Waals surface area contributed by atoms with Crippen molar-refractivity contribution < 1.29 is 14.7 Å². The number of benzene rings is 1. The molecule has 5 heteroatoms. The number of para-hydroxylation sites is 1. The summed E-state index contributed by atoms with van der Waals surface area (Å²) in [6.07, 6.45) is 3.43. The minimum atomic E-state index is -0.908. The van der Waals surface area contributed by atoms with Gasteiger partial charge in [-0.15, -0.1) is 0 Å². The van der Waals surface area contributed by atoms with Crippen LogP contribution in [0.5, 0.6) is 0 Å². The first-order valence-electron chi connectivity index (χ1n) is 7.41. The van der Waals surface area contributed by atoms with E-state index >= 15 is 0 Å². The summed E-state index contributed by atoms with van der Waals surface area (Å²) in [5.74, 6) is -0.167. The second-order valence-electron chi connectivity index (χ2n) is 5.66. The highest BCUT2D eigenvalue weighted by Crippen LogP contribution is 2.33. The van der Waals surface area contributed by atoms with Gasteiger partial charge in [0.05, 0.1) is 6.42 Å². The number of hydrogen-bond donors (Lipinski definition) is 2. The lowest BCUT2D eigenvalue weighted by molar-refractivity contribution is -0.136. The lowest BCUT2D eigenvalue weighted by Gasteiger charge is -2.25. The molecule has 0 bridgehead atoms. The van der Waals surface area contributed by atoms with Crippen molar-refractivity contribution in [2.24, 2.45) is 5.92 Å². The number of nitrogens with one attached hydrogen (secondary N) is 1. The van der Waals surface area contributed by atoms with Gasteiger partial charge in [-0.2, -0.15) is 0 Å². The van der Waals surface area contributed by atoms with Crippen LogP contribution in [0.4, 0.5) is 10.5 Å². The molecular formula is C16H22N2O3. The number of urea groups is 1. The van der Waals surface area contributed by atoms with Crippen molar-refractivity contribution in [1.82, 2.24) is 5.32 Å². The highest BCUT2D eigenvalue weighted by Gasteiger charge is 2.25. The van der Waals surface area contributed by atoms with Gasteiger partial charge in [-0.25, -0.2) is 4.79 Å². The van der Waals surface area contributed by atoms with Gasteiger partial charge in [0.15, 0.2) is 0 Å². The maximum Gasteiger partial charge on any atom is 0.322 e. The Morgan fingerprint density at radius 2 is 2.00 bits per heavy atom. The predicted molar refractivity (Wildman–Crippen MR) is 81.4 cm³/mol. The van der Waals surface area contributed by atoms with Gasteiger partial charge in [0.25, 0.3) is 0 Å². The van der Waals surface area contributed by atoms with Crippen LogP contribution >= 0.6 is 0 Å². The molecule has 2 N–H and O–H groups in total. The third-order valence-corrected chi connectivity index (χ3v) is 3.62. The van der Waals surface area contributed by atoms with Gasteiger partial charge in [0, 0.05) is 18.3 Å². The molecule has 1 fully saturated rings. The molecule has 0 aliphatic heterocycles. The predicted octanol–water partition coefficient (Wildman–Crippen LogP) is 2.87. The monoisotopic (exact) mass is 290 g/mol. The van der Waals surface area contributed by atoms with Crippen molar-refractivity contribution >= 4 is 17.7 Å². The fourth-order valence-corrected chi connectivity index (χ4v) is 2.36.